The molecule has 0 aliphatic heterocycles. The van der Waals surface area contributed by atoms with Crippen molar-refractivity contribution in [1.82, 2.24) is 29.7 Å². The molecule has 4 aromatic heterocycles. The zero-order chi connectivity index (χ0) is 28.2. The fraction of sp³-hybridized carbons (Fsp3) is 0.412. The molecule has 0 saturated carbocycles. The summed E-state index contributed by atoms with van der Waals surface area (Å²) in [4.78, 5) is 23.9. The van der Waals surface area contributed by atoms with E-state index in [0.717, 1.165) is 87.7 Å². The van der Waals surface area contributed by atoms with Crippen LogP contribution in [0.5, 0.6) is 0 Å². The molecule has 0 amide bonds. The van der Waals surface area contributed by atoms with Gasteiger partial charge in [-0.25, -0.2) is 0 Å². The van der Waals surface area contributed by atoms with Gasteiger partial charge in [0.1, 0.15) is 0 Å². The molecule has 0 aromatic carbocycles. The number of nitrogens with zero attached hydrogens (tertiary/aromatic N) is 6. The molecular weight excluding hydrogens is 492 g/mol. The minimum absolute atomic E-state index is 0.780. The molecule has 0 aliphatic rings. The Morgan fingerprint density at radius 3 is 0.825 bits per heavy atom. The zero-order valence-corrected chi connectivity index (χ0v) is 24.7. The molecule has 4 rings (SSSR count). The molecule has 0 fully saturated rings. The van der Waals surface area contributed by atoms with Gasteiger partial charge in [-0.15, -0.1) is 0 Å². The minimum atomic E-state index is 0.780. The minimum Gasteiger partial charge on any atom is -0.290 e. The summed E-state index contributed by atoms with van der Waals surface area (Å²) in [5, 5.41) is 0. The number of pyridine rings is 4. The van der Waals surface area contributed by atoms with Crippen LogP contribution in [0.4, 0.5) is 0 Å². The molecule has 0 N–H and O–H groups in total. The Hall–Kier alpha value is -3.48. The highest BCUT2D eigenvalue weighted by molar-refractivity contribution is 5.17. The van der Waals surface area contributed by atoms with Crippen molar-refractivity contribution in [1.29, 1.82) is 0 Å². The summed E-state index contributed by atoms with van der Waals surface area (Å²) in [5.41, 5.74) is 9.40. The summed E-state index contributed by atoms with van der Waals surface area (Å²) in [6, 6.07) is 17.4. The lowest BCUT2D eigenvalue weighted by atomic mass is 10.2. The molecule has 0 atom stereocenters. The van der Waals surface area contributed by atoms with Crippen molar-refractivity contribution in [2.45, 2.75) is 79.6 Å². The van der Waals surface area contributed by atoms with E-state index in [0.29, 0.717) is 0 Å². The number of rotatable bonds is 15. The van der Waals surface area contributed by atoms with Gasteiger partial charge in [-0.05, 0) is 72.2 Å². The number of hydrogen-bond acceptors (Lipinski definition) is 6. The standard InChI is InChI=1S/C34H44N6/c1-5-27-9-13-31(35-19-27)23-39(24-32-14-10-28(6-2)20-36-32)17-18-40(25-33-15-11-29(7-3)21-37-33)26-34-16-12-30(8-4)22-38-34/h9-16,19-22H,5-8,17-18,23-26H2,1-4H3. The Labute approximate surface area is 240 Å². The van der Waals surface area contributed by atoms with Gasteiger partial charge in [-0.2, -0.15) is 0 Å². The summed E-state index contributed by atoms with van der Waals surface area (Å²) in [6.45, 7) is 13.5. The van der Waals surface area contributed by atoms with Crippen molar-refractivity contribution >= 4 is 0 Å². The zero-order valence-electron chi connectivity index (χ0n) is 24.7. The van der Waals surface area contributed by atoms with E-state index in [2.05, 4.69) is 86.0 Å². The maximum atomic E-state index is 4.76. The molecule has 4 heterocycles. The Morgan fingerprint density at radius 2 is 0.650 bits per heavy atom. The van der Waals surface area contributed by atoms with Crippen molar-refractivity contribution in [2.75, 3.05) is 13.1 Å². The number of hydrogen-bond donors (Lipinski definition) is 0. The summed E-state index contributed by atoms with van der Waals surface area (Å²) in [6.07, 6.45) is 12.0. The molecule has 4 aromatic rings. The lowest BCUT2D eigenvalue weighted by Gasteiger charge is -2.27. The van der Waals surface area contributed by atoms with Crippen molar-refractivity contribution in [3.8, 4) is 0 Å². The number of aromatic nitrogens is 4. The summed E-state index contributed by atoms with van der Waals surface area (Å²) >= 11 is 0. The van der Waals surface area contributed by atoms with E-state index in [1.54, 1.807) is 0 Å². The van der Waals surface area contributed by atoms with Crippen molar-refractivity contribution in [3.63, 3.8) is 0 Å². The van der Waals surface area contributed by atoms with E-state index >= 15 is 0 Å². The van der Waals surface area contributed by atoms with Gasteiger partial charge in [0.2, 0.25) is 0 Å². The van der Waals surface area contributed by atoms with Crippen LogP contribution < -0.4 is 0 Å². The van der Waals surface area contributed by atoms with Crippen LogP contribution >= 0.6 is 0 Å². The van der Waals surface area contributed by atoms with Gasteiger partial charge in [-0.1, -0.05) is 52.0 Å². The third-order valence-corrected chi connectivity index (χ3v) is 7.45. The fourth-order valence-electron chi connectivity index (χ4n) is 4.66. The van der Waals surface area contributed by atoms with Crippen molar-refractivity contribution in [3.05, 3.63) is 118 Å². The second-order valence-electron chi connectivity index (χ2n) is 10.5. The molecule has 0 spiro atoms. The summed E-state index contributed by atoms with van der Waals surface area (Å²) in [7, 11) is 0. The van der Waals surface area contributed by atoms with Gasteiger partial charge in [0, 0.05) is 64.1 Å². The number of aryl methyl sites for hydroxylation is 4. The van der Waals surface area contributed by atoms with Gasteiger partial charge in [0.25, 0.3) is 0 Å². The molecule has 0 aliphatic carbocycles. The maximum absolute atomic E-state index is 4.76. The van der Waals surface area contributed by atoms with Crippen LogP contribution in [0.15, 0.2) is 73.3 Å². The third-order valence-electron chi connectivity index (χ3n) is 7.45. The molecule has 0 unspecified atom stereocenters. The Kier molecular flexibility index (Phi) is 11.3. The van der Waals surface area contributed by atoms with E-state index in [9.17, 15) is 0 Å². The van der Waals surface area contributed by atoms with Gasteiger partial charge >= 0.3 is 0 Å². The van der Waals surface area contributed by atoms with Crippen LogP contribution in [-0.4, -0.2) is 42.8 Å². The average Bonchev–Trinajstić information content (AvgIpc) is 3.01. The predicted octanol–water partition coefficient (Wildman–Crippen LogP) is 6.22. The lowest BCUT2D eigenvalue weighted by Crippen LogP contribution is -2.35. The Balaban J connectivity index is 1.51. The van der Waals surface area contributed by atoms with Crippen molar-refractivity contribution in [2.24, 2.45) is 0 Å². The van der Waals surface area contributed by atoms with Gasteiger partial charge in [0.15, 0.2) is 0 Å². The molecule has 6 heteroatoms. The first-order chi connectivity index (χ1) is 19.6. The molecule has 6 nitrogen and oxygen atoms in total. The van der Waals surface area contributed by atoms with Crippen LogP contribution in [0.25, 0.3) is 0 Å². The monoisotopic (exact) mass is 536 g/mol. The highest BCUT2D eigenvalue weighted by Gasteiger charge is 2.15. The first-order valence-electron chi connectivity index (χ1n) is 14.8. The molecular formula is C34H44N6. The van der Waals surface area contributed by atoms with E-state index in [1.165, 1.54) is 22.3 Å². The van der Waals surface area contributed by atoms with Crippen LogP contribution in [0.2, 0.25) is 0 Å². The van der Waals surface area contributed by atoms with E-state index < -0.39 is 0 Å². The second-order valence-corrected chi connectivity index (χ2v) is 10.5. The van der Waals surface area contributed by atoms with Crippen molar-refractivity contribution < 1.29 is 0 Å². The quantitative estimate of drug-likeness (QED) is 0.180. The van der Waals surface area contributed by atoms with Gasteiger partial charge in [0.05, 0.1) is 22.8 Å². The largest absolute Gasteiger partial charge is 0.290 e. The maximum Gasteiger partial charge on any atom is 0.0544 e. The van der Waals surface area contributed by atoms with E-state index in [1.807, 2.05) is 24.8 Å². The fourth-order valence-corrected chi connectivity index (χ4v) is 4.66. The average molecular weight is 537 g/mol. The summed E-state index contributed by atoms with van der Waals surface area (Å²) in [5.74, 6) is 0. The SMILES string of the molecule is CCc1ccc(CN(CCN(Cc2ccc(CC)cn2)Cc2ccc(CC)cn2)Cc2ccc(CC)cn2)nc1. The van der Waals surface area contributed by atoms with Gasteiger partial charge < -0.3 is 0 Å². The normalized spacial score (nSPS) is 11.4. The van der Waals surface area contributed by atoms with E-state index in [-0.39, 0.29) is 0 Å². The van der Waals surface area contributed by atoms with Gasteiger partial charge in [-0.3, -0.25) is 29.7 Å². The van der Waals surface area contributed by atoms with Crippen LogP contribution in [0.3, 0.4) is 0 Å². The molecule has 0 saturated heterocycles. The van der Waals surface area contributed by atoms with Crippen LogP contribution in [0, 0.1) is 0 Å². The lowest BCUT2D eigenvalue weighted by molar-refractivity contribution is 0.178. The predicted molar refractivity (Wildman–Crippen MR) is 163 cm³/mol. The topological polar surface area (TPSA) is 58.0 Å². The molecule has 0 radical (unpaired) electrons. The molecule has 0 bridgehead atoms. The molecule has 210 valence electrons. The molecule has 40 heavy (non-hydrogen) atoms. The third kappa shape index (κ3) is 9.04. The highest BCUT2D eigenvalue weighted by Crippen LogP contribution is 2.13. The van der Waals surface area contributed by atoms with E-state index in [4.69, 9.17) is 19.9 Å². The Morgan fingerprint density at radius 1 is 0.400 bits per heavy atom. The Bertz CT molecular complexity index is 1070. The second kappa shape index (κ2) is 15.3. The summed E-state index contributed by atoms with van der Waals surface area (Å²) < 4.78 is 0. The highest BCUT2D eigenvalue weighted by atomic mass is 15.2. The first-order valence-corrected chi connectivity index (χ1v) is 14.8. The first kappa shape index (κ1) is 29.5. The van der Waals surface area contributed by atoms with Crippen LogP contribution in [-0.2, 0) is 51.9 Å². The van der Waals surface area contributed by atoms with Crippen LogP contribution in [0.1, 0.15) is 72.7 Å². The smallest absolute Gasteiger partial charge is 0.0544 e.